The largest absolute Gasteiger partial charge is 0.361 e. The van der Waals surface area contributed by atoms with E-state index in [9.17, 15) is 9.59 Å². The van der Waals surface area contributed by atoms with Gasteiger partial charge in [-0.25, -0.2) is 0 Å². The van der Waals surface area contributed by atoms with Gasteiger partial charge in [0.1, 0.15) is 5.76 Å². The average molecular weight is 291 g/mol. The highest BCUT2D eigenvalue weighted by Crippen LogP contribution is 2.21. The van der Waals surface area contributed by atoms with Crippen molar-refractivity contribution in [3.63, 3.8) is 0 Å². The van der Waals surface area contributed by atoms with Crippen molar-refractivity contribution in [1.29, 1.82) is 0 Å². The van der Waals surface area contributed by atoms with Gasteiger partial charge in [0.05, 0.1) is 5.92 Å². The van der Waals surface area contributed by atoms with Crippen molar-refractivity contribution in [2.45, 2.75) is 45.1 Å². The van der Waals surface area contributed by atoms with Crippen LogP contribution < -0.4 is 5.32 Å². The van der Waals surface area contributed by atoms with Crippen molar-refractivity contribution >= 4 is 11.8 Å². The first kappa shape index (κ1) is 14.1. The minimum absolute atomic E-state index is 0.0797. The van der Waals surface area contributed by atoms with Crippen LogP contribution in [0, 0.1) is 12.8 Å². The van der Waals surface area contributed by atoms with Crippen molar-refractivity contribution in [2.24, 2.45) is 5.92 Å². The Hall–Kier alpha value is -1.85. The highest BCUT2D eigenvalue weighted by molar-refractivity contribution is 5.94. The number of aryl methyl sites for hydroxylation is 1. The maximum atomic E-state index is 12.1. The molecule has 1 saturated carbocycles. The number of rotatable bonds is 3. The van der Waals surface area contributed by atoms with E-state index in [0.717, 1.165) is 12.8 Å². The number of nitrogens with zero attached hydrogens (tertiary/aromatic N) is 2. The third kappa shape index (κ3) is 3.09. The maximum absolute atomic E-state index is 12.1. The molecule has 0 unspecified atom stereocenters. The first-order chi connectivity index (χ1) is 10.1. The summed E-state index contributed by atoms with van der Waals surface area (Å²) in [7, 11) is 0. The molecule has 0 atom stereocenters. The van der Waals surface area contributed by atoms with Crippen LogP contribution in [0.4, 0.5) is 0 Å². The topological polar surface area (TPSA) is 75.4 Å². The molecule has 0 spiro atoms. The SMILES string of the molecule is Cc1cc(C(=O)N2CC(C(=O)NC3CCCCC3)C2)no1. The average Bonchev–Trinajstić information content (AvgIpc) is 2.85. The number of likely N-dealkylation sites (tertiary alicyclic amines) is 1. The molecule has 1 aromatic heterocycles. The number of carbonyl (C=O) groups is 2. The predicted octanol–water partition coefficient (Wildman–Crippen LogP) is 1.50. The molecule has 2 heterocycles. The van der Waals surface area contributed by atoms with Crippen LogP contribution in [0.3, 0.4) is 0 Å². The molecule has 1 aliphatic carbocycles. The molecule has 2 amide bonds. The number of hydrogen-bond acceptors (Lipinski definition) is 4. The molecule has 0 radical (unpaired) electrons. The third-order valence-corrected chi connectivity index (χ3v) is 4.34. The van der Waals surface area contributed by atoms with E-state index in [-0.39, 0.29) is 17.7 Å². The molecule has 1 aromatic rings. The van der Waals surface area contributed by atoms with Crippen LogP contribution in [0.1, 0.15) is 48.4 Å². The van der Waals surface area contributed by atoms with Gasteiger partial charge in [0.2, 0.25) is 5.91 Å². The number of hydrogen-bond donors (Lipinski definition) is 1. The van der Waals surface area contributed by atoms with Gasteiger partial charge in [0.25, 0.3) is 5.91 Å². The molecule has 2 fully saturated rings. The Bertz CT molecular complexity index is 528. The lowest BCUT2D eigenvalue weighted by Gasteiger charge is -2.38. The molecule has 21 heavy (non-hydrogen) atoms. The van der Waals surface area contributed by atoms with Gasteiger partial charge in [-0.05, 0) is 19.8 Å². The summed E-state index contributed by atoms with van der Waals surface area (Å²) >= 11 is 0. The molecule has 0 bridgehead atoms. The molecular weight excluding hydrogens is 270 g/mol. The minimum atomic E-state index is -0.159. The summed E-state index contributed by atoms with van der Waals surface area (Å²) in [6.45, 7) is 2.70. The normalized spacial score (nSPS) is 20.1. The second-order valence-electron chi connectivity index (χ2n) is 6.07. The van der Waals surface area contributed by atoms with E-state index in [1.54, 1.807) is 17.9 Å². The van der Waals surface area contributed by atoms with E-state index in [1.807, 2.05) is 0 Å². The van der Waals surface area contributed by atoms with Crippen molar-refractivity contribution < 1.29 is 14.1 Å². The molecule has 114 valence electrons. The fourth-order valence-electron chi connectivity index (χ4n) is 3.01. The molecule has 1 N–H and O–H groups in total. The molecule has 6 heteroatoms. The van der Waals surface area contributed by atoms with E-state index in [2.05, 4.69) is 10.5 Å². The lowest BCUT2D eigenvalue weighted by molar-refractivity contribution is -0.129. The van der Waals surface area contributed by atoms with Crippen LogP contribution in [0.2, 0.25) is 0 Å². The Morgan fingerprint density at radius 2 is 2.00 bits per heavy atom. The van der Waals surface area contributed by atoms with E-state index < -0.39 is 0 Å². The lowest BCUT2D eigenvalue weighted by atomic mass is 9.93. The second kappa shape index (κ2) is 5.87. The third-order valence-electron chi connectivity index (χ3n) is 4.34. The fraction of sp³-hybridized carbons (Fsp3) is 0.667. The summed E-state index contributed by atoms with van der Waals surface area (Å²) in [6.07, 6.45) is 5.84. The standard InChI is InChI=1S/C15H21N3O3/c1-10-7-13(17-21-10)15(20)18-8-11(9-18)14(19)16-12-5-3-2-4-6-12/h7,11-12H,2-6,8-9H2,1H3,(H,16,19). The smallest absolute Gasteiger partial charge is 0.276 e. The summed E-state index contributed by atoms with van der Waals surface area (Å²) in [6, 6.07) is 1.95. The first-order valence-electron chi connectivity index (χ1n) is 7.66. The monoisotopic (exact) mass is 291 g/mol. The zero-order valence-electron chi connectivity index (χ0n) is 12.3. The van der Waals surface area contributed by atoms with Crippen LogP contribution in [-0.4, -0.2) is 41.0 Å². The summed E-state index contributed by atoms with van der Waals surface area (Å²) in [5, 5.41) is 6.83. The quantitative estimate of drug-likeness (QED) is 0.915. The Kier molecular flexibility index (Phi) is 3.94. The van der Waals surface area contributed by atoms with Gasteiger partial charge in [-0.1, -0.05) is 24.4 Å². The Labute approximate surface area is 123 Å². The van der Waals surface area contributed by atoms with Crippen LogP contribution >= 0.6 is 0 Å². The van der Waals surface area contributed by atoms with Gasteiger partial charge in [0, 0.05) is 25.2 Å². The van der Waals surface area contributed by atoms with Crippen molar-refractivity contribution in [3.05, 3.63) is 17.5 Å². The molecule has 3 rings (SSSR count). The van der Waals surface area contributed by atoms with Crippen molar-refractivity contribution in [1.82, 2.24) is 15.4 Å². The van der Waals surface area contributed by atoms with Gasteiger partial charge in [0.15, 0.2) is 5.69 Å². The number of aromatic nitrogens is 1. The molecular formula is C15H21N3O3. The van der Waals surface area contributed by atoms with Crippen LogP contribution in [-0.2, 0) is 4.79 Å². The van der Waals surface area contributed by atoms with Gasteiger partial charge in [-0.15, -0.1) is 0 Å². The molecule has 1 aliphatic heterocycles. The van der Waals surface area contributed by atoms with Gasteiger partial charge in [-0.2, -0.15) is 0 Å². The fourth-order valence-corrected chi connectivity index (χ4v) is 3.01. The van der Waals surface area contributed by atoms with Crippen molar-refractivity contribution in [2.75, 3.05) is 13.1 Å². The van der Waals surface area contributed by atoms with Gasteiger partial charge in [-0.3, -0.25) is 9.59 Å². The van der Waals surface area contributed by atoms with Crippen LogP contribution in [0.15, 0.2) is 10.6 Å². The molecule has 6 nitrogen and oxygen atoms in total. The Morgan fingerprint density at radius 1 is 1.29 bits per heavy atom. The second-order valence-corrected chi connectivity index (χ2v) is 6.07. The molecule has 1 saturated heterocycles. The van der Waals surface area contributed by atoms with Gasteiger partial charge >= 0.3 is 0 Å². The number of amides is 2. The lowest BCUT2D eigenvalue weighted by Crippen LogP contribution is -2.57. The highest BCUT2D eigenvalue weighted by atomic mass is 16.5. The van der Waals surface area contributed by atoms with E-state index in [4.69, 9.17) is 4.52 Å². The molecule has 0 aromatic carbocycles. The highest BCUT2D eigenvalue weighted by Gasteiger charge is 2.37. The summed E-state index contributed by atoms with van der Waals surface area (Å²) in [5.41, 5.74) is 0.318. The summed E-state index contributed by atoms with van der Waals surface area (Å²) in [5.74, 6) is 0.463. The minimum Gasteiger partial charge on any atom is -0.361 e. The maximum Gasteiger partial charge on any atom is 0.276 e. The van der Waals surface area contributed by atoms with E-state index in [0.29, 0.717) is 30.6 Å². The van der Waals surface area contributed by atoms with Crippen LogP contribution in [0.5, 0.6) is 0 Å². The van der Waals surface area contributed by atoms with E-state index >= 15 is 0 Å². The van der Waals surface area contributed by atoms with Crippen LogP contribution in [0.25, 0.3) is 0 Å². The van der Waals surface area contributed by atoms with Gasteiger partial charge < -0.3 is 14.7 Å². The van der Waals surface area contributed by atoms with Crippen molar-refractivity contribution in [3.8, 4) is 0 Å². The zero-order valence-corrected chi connectivity index (χ0v) is 12.3. The Balaban J connectivity index is 1.46. The summed E-state index contributed by atoms with van der Waals surface area (Å²) < 4.78 is 4.90. The zero-order chi connectivity index (χ0) is 14.8. The number of nitrogens with one attached hydrogen (secondary N) is 1. The first-order valence-corrected chi connectivity index (χ1v) is 7.66. The molecule has 2 aliphatic rings. The number of carbonyl (C=O) groups excluding carboxylic acids is 2. The summed E-state index contributed by atoms with van der Waals surface area (Å²) in [4.78, 5) is 25.8. The van der Waals surface area contributed by atoms with E-state index in [1.165, 1.54) is 19.3 Å². The Morgan fingerprint density at radius 3 is 2.62 bits per heavy atom. The predicted molar refractivity (Wildman–Crippen MR) is 75.6 cm³/mol.